The lowest BCUT2D eigenvalue weighted by Gasteiger charge is -2.18. The highest BCUT2D eigenvalue weighted by Gasteiger charge is 2.40. The number of carbonyl (C=O) groups is 1. The lowest BCUT2D eigenvalue weighted by molar-refractivity contribution is -0.148. The smallest absolute Gasteiger partial charge is 0.342 e. The number of carbonyl (C=O) groups excluding carboxylic acids is 1. The molecule has 1 aromatic rings. The quantitative estimate of drug-likeness (QED) is 0.271. The van der Waals surface area contributed by atoms with E-state index in [0.717, 1.165) is 6.04 Å². The van der Waals surface area contributed by atoms with Crippen molar-refractivity contribution in [2.24, 2.45) is 0 Å². The highest BCUT2D eigenvalue weighted by atomic mass is 28.3. The fourth-order valence-corrected chi connectivity index (χ4v) is 4.14. The number of hydrogen-bond donors (Lipinski definition) is 1. The maximum Gasteiger partial charge on any atom is 0.342 e. The number of esters is 1. The Balaban J connectivity index is 2.30. The minimum atomic E-state index is -1.35. The van der Waals surface area contributed by atoms with E-state index in [4.69, 9.17) is 28.4 Å². The van der Waals surface area contributed by atoms with Gasteiger partial charge in [-0.1, -0.05) is 31.8 Å². The maximum atomic E-state index is 13.1. The Hall–Kier alpha value is -1.91. The molecule has 1 aliphatic heterocycles. The third-order valence-electron chi connectivity index (χ3n) is 5.09. The molecule has 186 valence electrons. The molecule has 8 nitrogen and oxygen atoms in total. The SMILES string of the molecule is COCOc1cc(OC)cc(C=CCC2OC(C)(C)OC2CO)c1C(=O)OCC[Si](C)(C)C. The van der Waals surface area contributed by atoms with E-state index in [1.807, 2.05) is 19.9 Å². The van der Waals surface area contributed by atoms with Crippen LogP contribution in [0.2, 0.25) is 25.7 Å². The van der Waals surface area contributed by atoms with Crippen LogP contribution in [0.25, 0.3) is 6.08 Å². The zero-order valence-electron chi connectivity index (χ0n) is 20.8. The van der Waals surface area contributed by atoms with E-state index < -0.39 is 25.9 Å². The number of methoxy groups -OCH3 is 2. The first-order chi connectivity index (χ1) is 15.5. The summed E-state index contributed by atoms with van der Waals surface area (Å²) in [5.41, 5.74) is 0.902. The summed E-state index contributed by atoms with van der Waals surface area (Å²) in [4.78, 5) is 13.1. The van der Waals surface area contributed by atoms with Gasteiger partial charge in [0.1, 0.15) is 23.2 Å². The molecule has 0 spiro atoms. The normalized spacial score (nSPS) is 20.2. The fraction of sp³-hybridized carbons (Fsp3) is 0.625. The molecule has 1 aromatic carbocycles. The van der Waals surface area contributed by atoms with E-state index >= 15 is 0 Å². The van der Waals surface area contributed by atoms with Crippen LogP contribution in [0.1, 0.15) is 36.2 Å². The van der Waals surface area contributed by atoms with E-state index in [1.165, 1.54) is 7.11 Å². The summed E-state index contributed by atoms with van der Waals surface area (Å²) in [6.45, 7) is 10.5. The first-order valence-electron chi connectivity index (χ1n) is 11.1. The predicted octanol–water partition coefficient (Wildman–Crippen LogP) is 4.09. The van der Waals surface area contributed by atoms with Gasteiger partial charge in [0.2, 0.25) is 0 Å². The second-order valence-corrected chi connectivity index (χ2v) is 15.2. The van der Waals surface area contributed by atoms with Gasteiger partial charge in [-0.2, -0.15) is 0 Å². The van der Waals surface area contributed by atoms with Crippen LogP contribution >= 0.6 is 0 Å². The number of benzene rings is 1. The zero-order valence-corrected chi connectivity index (χ0v) is 21.8. The van der Waals surface area contributed by atoms with Crippen LogP contribution < -0.4 is 9.47 Å². The highest BCUT2D eigenvalue weighted by Crippen LogP contribution is 2.33. The molecule has 0 saturated carbocycles. The average molecular weight is 483 g/mol. The summed E-state index contributed by atoms with van der Waals surface area (Å²) in [5.74, 6) is -0.358. The van der Waals surface area contributed by atoms with E-state index in [1.54, 1.807) is 25.3 Å². The number of ether oxygens (including phenoxy) is 6. The largest absolute Gasteiger partial charge is 0.497 e. The molecule has 0 bridgehead atoms. The van der Waals surface area contributed by atoms with Gasteiger partial charge in [-0.05, 0) is 37.9 Å². The second-order valence-electron chi connectivity index (χ2n) is 9.62. The monoisotopic (exact) mass is 482 g/mol. The molecular formula is C24H38O8Si. The molecule has 1 aliphatic rings. The maximum absolute atomic E-state index is 13.1. The van der Waals surface area contributed by atoms with Gasteiger partial charge >= 0.3 is 5.97 Å². The van der Waals surface area contributed by atoms with Gasteiger partial charge in [0.15, 0.2) is 12.6 Å². The Labute approximate surface area is 197 Å². The molecule has 0 amide bonds. The van der Waals surface area contributed by atoms with Crippen molar-refractivity contribution in [2.45, 2.75) is 63.9 Å². The third kappa shape index (κ3) is 8.42. The van der Waals surface area contributed by atoms with Gasteiger partial charge in [-0.15, -0.1) is 0 Å². The van der Waals surface area contributed by atoms with Gasteiger partial charge in [0.25, 0.3) is 0 Å². The number of aliphatic hydroxyl groups excluding tert-OH is 1. The number of hydrogen-bond acceptors (Lipinski definition) is 8. The standard InChI is InChI=1S/C24H38O8Si/c1-24(2)31-19(21(15-25)32-24)10-8-9-17-13-18(28-4)14-20(30-16-27-3)22(17)23(26)29-11-12-33(5,6)7/h8-9,13-14,19,21,25H,10-12,15-16H2,1-7H3. The molecule has 1 heterocycles. The molecule has 1 fully saturated rings. The topological polar surface area (TPSA) is 92.7 Å². The summed E-state index contributed by atoms with van der Waals surface area (Å²) >= 11 is 0. The van der Waals surface area contributed by atoms with Gasteiger partial charge in [-0.3, -0.25) is 0 Å². The highest BCUT2D eigenvalue weighted by molar-refractivity contribution is 6.76. The molecule has 0 radical (unpaired) electrons. The Bertz CT molecular complexity index is 815. The molecule has 2 atom stereocenters. The average Bonchev–Trinajstić information content (AvgIpc) is 3.04. The zero-order chi connectivity index (χ0) is 24.6. The summed E-state index contributed by atoms with van der Waals surface area (Å²) < 4.78 is 33.3. The van der Waals surface area contributed by atoms with Crippen molar-refractivity contribution in [1.82, 2.24) is 0 Å². The molecule has 0 aliphatic carbocycles. The van der Waals surface area contributed by atoms with Crippen LogP contribution in [-0.4, -0.2) is 71.4 Å². The van der Waals surface area contributed by atoms with Crippen molar-refractivity contribution in [2.75, 3.05) is 34.2 Å². The van der Waals surface area contributed by atoms with E-state index in [2.05, 4.69) is 19.6 Å². The predicted molar refractivity (Wildman–Crippen MR) is 128 cm³/mol. The number of aliphatic hydroxyl groups is 1. The minimum Gasteiger partial charge on any atom is -0.497 e. The molecule has 2 rings (SSSR count). The summed E-state index contributed by atoms with van der Waals surface area (Å²) in [5, 5.41) is 9.60. The van der Waals surface area contributed by atoms with Crippen LogP contribution in [0.4, 0.5) is 0 Å². The van der Waals surface area contributed by atoms with E-state index in [0.29, 0.717) is 35.7 Å². The van der Waals surface area contributed by atoms with Crippen molar-refractivity contribution in [3.63, 3.8) is 0 Å². The Morgan fingerprint density at radius 3 is 2.48 bits per heavy atom. The van der Waals surface area contributed by atoms with Crippen LogP contribution in [0.3, 0.4) is 0 Å². The molecule has 33 heavy (non-hydrogen) atoms. The van der Waals surface area contributed by atoms with E-state index in [9.17, 15) is 9.90 Å². The van der Waals surface area contributed by atoms with Crippen molar-refractivity contribution in [1.29, 1.82) is 0 Å². The second kappa shape index (κ2) is 12.0. The number of rotatable bonds is 12. The van der Waals surface area contributed by atoms with Crippen LogP contribution in [0.5, 0.6) is 11.5 Å². The molecule has 1 saturated heterocycles. The lowest BCUT2D eigenvalue weighted by atomic mass is 10.0. The van der Waals surface area contributed by atoms with Crippen molar-refractivity contribution < 1.29 is 38.3 Å². The van der Waals surface area contributed by atoms with Crippen molar-refractivity contribution in [3.05, 3.63) is 29.3 Å². The fourth-order valence-electron chi connectivity index (χ4n) is 3.43. The Morgan fingerprint density at radius 1 is 1.18 bits per heavy atom. The molecule has 2 unspecified atom stereocenters. The summed E-state index contributed by atoms with van der Waals surface area (Å²) in [7, 11) is 1.70. The first kappa shape index (κ1) is 27.3. The first-order valence-corrected chi connectivity index (χ1v) is 14.8. The minimum absolute atomic E-state index is 0.0218. The lowest BCUT2D eigenvalue weighted by Crippen LogP contribution is -2.25. The molecule has 9 heteroatoms. The molecule has 1 N–H and O–H groups in total. The van der Waals surface area contributed by atoms with Crippen molar-refractivity contribution in [3.8, 4) is 11.5 Å². The van der Waals surface area contributed by atoms with Crippen LogP contribution in [0.15, 0.2) is 18.2 Å². The summed E-state index contributed by atoms with van der Waals surface area (Å²) in [6, 6.07) is 4.26. The molecular weight excluding hydrogens is 444 g/mol. The van der Waals surface area contributed by atoms with Gasteiger partial charge in [0.05, 0.1) is 26.4 Å². The van der Waals surface area contributed by atoms with Crippen LogP contribution in [-0.2, 0) is 18.9 Å². The van der Waals surface area contributed by atoms with Crippen LogP contribution in [0, 0.1) is 0 Å². The Kier molecular flexibility index (Phi) is 9.93. The summed E-state index contributed by atoms with van der Waals surface area (Å²) in [6.07, 6.45) is 3.46. The van der Waals surface area contributed by atoms with Gasteiger partial charge in [0, 0.05) is 21.3 Å². The third-order valence-corrected chi connectivity index (χ3v) is 6.80. The van der Waals surface area contributed by atoms with Crippen molar-refractivity contribution >= 4 is 20.1 Å². The molecule has 0 aromatic heterocycles. The van der Waals surface area contributed by atoms with E-state index in [-0.39, 0.29) is 19.5 Å². The Morgan fingerprint density at radius 2 is 1.88 bits per heavy atom. The van der Waals surface area contributed by atoms with Gasteiger partial charge in [-0.25, -0.2) is 4.79 Å². The van der Waals surface area contributed by atoms with Gasteiger partial charge < -0.3 is 33.5 Å².